The Morgan fingerprint density at radius 3 is 2.40 bits per heavy atom. The van der Waals surface area contributed by atoms with Crippen molar-refractivity contribution in [2.75, 3.05) is 34.6 Å². The van der Waals surface area contributed by atoms with Crippen molar-refractivity contribution in [1.82, 2.24) is 19.5 Å². The predicted molar refractivity (Wildman–Crippen MR) is 165 cm³/mol. The summed E-state index contributed by atoms with van der Waals surface area (Å²) in [6.07, 6.45) is 3.45. The highest BCUT2D eigenvalue weighted by atomic mass is 35.5. The third-order valence-electron chi connectivity index (χ3n) is 6.50. The lowest BCUT2D eigenvalue weighted by Crippen LogP contribution is -2.12. The van der Waals surface area contributed by atoms with Crippen LogP contribution in [0.1, 0.15) is 11.1 Å². The van der Waals surface area contributed by atoms with Gasteiger partial charge in [0.15, 0.2) is 0 Å². The van der Waals surface area contributed by atoms with Crippen LogP contribution < -0.4 is 15.5 Å². The summed E-state index contributed by atoms with van der Waals surface area (Å²) in [5.74, 6) is 2.14. The third kappa shape index (κ3) is 7.08. The molecule has 5 rings (SSSR count). The number of rotatable bonds is 10. The first-order chi connectivity index (χ1) is 18.7. The van der Waals surface area contributed by atoms with Crippen LogP contribution >= 0.6 is 12.4 Å². The number of anilines is 5. The molecule has 0 saturated heterocycles. The molecular weight excluding hydrogens is 546 g/mol. The molecule has 0 aliphatic carbocycles. The second-order valence-electron chi connectivity index (χ2n) is 9.51. The topological polar surface area (TPSA) is 105 Å². The number of fused-ring (bicyclic) bond motifs is 1. The van der Waals surface area contributed by atoms with Crippen LogP contribution in [-0.4, -0.2) is 47.0 Å². The number of benzene rings is 3. The van der Waals surface area contributed by atoms with E-state index in [1.165, 1.54) is 11.8 Å². The number of nitrogens with one attached hydrogen (secondary N) is 2. The van der Waals surface area contributed by atoms with E-state index in [9.17, 15) is 8.42 Å². The number of halogens is 1. The lowest BCUT2D eigenvalue weighted by Gasteiger charge is -2.19. The molecule has 0 spiro atoms. The van der Waals surface area contributed by atoms with Crippen molar-refractivity contribution >= 4 is 62.4 Å². The first-order valence-corrected chi connectivity index (χ1v) is 14.7. The van der Waals surface area contributed by atoms with Crippen molar-refractivity contribution in [2.24, 2.45) is 7.05 Å². The molecule has 0 aliphatic rings. The summed E-state index contributed by atoms with van der Waals surface area (Å²) in [4.78, 5) is 15.9. The normalized spacial score (nSPS) is 11.2. The van der Waals surface area contributed by atoms with Gasteiger partial charge in [-0.1, -0.05) is 42.5 Å². The minimum atomic E-state index is -2.99. The van der Waals surface area contributed by atoms with E-state index >= 15 is 0 Å². The van der Waals surface area contributed by atoms with Gasteiger partial charge in [0, 0.05) is 44.5 Å². The molecule has 208 valence electrons. The maximum Gasteiger partial charge on any atom is 0.229 e. The number of sulfone groups is 1. The van der Waals surface area contributed by atoms with Crippen molar-refractivity contribution in [3.8, 4) is 0 Å². The van der Waals surface area contributed by atoms with Crippen LogP contribution in [0, 0.1) is 0 Å². The quantitative estimate of drug-likeness (QED) is 0.224. The van der Waals surface area contributed by atoms with Gasteiger partial charge < -0.3 is 20.1 Å². The van der Waals surface area contributed by atoms with E-state index in [4.69, 9.17) is 4.98 Å². The predicted octanol–water partition coefficient (Wildman–Crippen LogP) is 5.50. The van der Waals surface area contributed by atoms with Crippen molar-refractivity contribution in [3.05, 3.63) is 96.2 Å². The fourth-order valence-corrected chi connectivity index (χ4v) is 4.85. The van der Waals surface area contributed by atoms with Crippen molar-refractivity contribution in [2.45, 2.75) is 13.0 Å². The Balaban J connectivity index is 0.00000370. The number of hydrogen-bond acceptors (Lipinski definition) is 8. The monoisotopic (exact) mass is 577 g/mol. The average Bonchev–Trinajstić information content (AvgIpc) is 3.26. The van der Waals surface area contributed by atoms with E-state index in [1.54, 1.807) is 6.20 Å². The second kappa shape index (κ2) is 12.4. The minimum Gasteiger partial charge on any atom is -0.352 e. The molecule has 0 aliphatic heterocycles. The first-order valence-electron chi connectivity index (χ1n) is 12.6. The standard InChI is InChI=1S/C29H31N7O2S.ClH/c1-35(24-13-14-26-25(19-24)33-29(36(26)2)31-20-22-7-5-4-6-8-22)27-15-17-30-28(34-27)32-23-11-9-21(10-12-23)16-18-39(3,37)38;/h4-15,17,19H,16,18,20H2,1-3H3,(H,31,33)(H,30,32,34);1H. The molecule has 5 aromatic rings. The van der Waals surface area contributed by atoms with Crippen LogP contribution in [0.25, 0.3) is 11.0 Å². The number of imidazole rings is 1. The number of aryl methyl sites for hydroxylation is 2. The SMILES string of the molecule is CN(c1ccc2c(c1)nc(NCc1ccccc1)n2C)c1ccnc(Nc2ccc(CCS(C)(=O)=O)cc2)n1.Cl. The van der Waals surface area contributed by atoms with Crippen molar-refractivity contribution in [1.29, 1.82) is 0 Å². The van der Waals surface area contributed by atoms with Gasteiger partial charge in [-0.05, 0) is 53.9 Å². The van der Waals surface area contributed by atoms with E-state index in [2.05, 4.69) is 49.4 Å². The summed E-state index contributed by atoms with van der Waals surface area (Å²) in [5, 5.41) is 6.66. The summed E-state index contributed by atoms with van der Waals surface area (Å²) in [6, 6.07) is 25.9. The van der Waals surface area contributed by atoms with Gasteiger partial charge in [-0.3, -0.25) is 0 Å². The molecule has 2 heterocycles. The Morgan fingerprint density at radius 2 is 1.68 bits per heavy atom. The molecule has 3 aromatic carbocycles. The molecule has 11 heteroatoms. The molecule has 0 amide bonds. The molecule has 0 atom stereocenters. The van der Waals surface area contributed by atoms with Gasteiger partial charge in [0.1, 0.15) is 15.7 Å². The Labute approximate surface area is 240 Å². The zero-order valence-corrected chi connectivity index (χ0v) is 24.2. The fourth-order valence-electron chi connectivity index (χ4n) is 4.25. The smallest absolute Gasteiger partial charge is 0.229 e. The largest absolute Gasteiger partial charge is 0.352 e. The van der Waals surface area contributed by atoms with Crippen LogP contribution in [0.15, 0.2) is 85.1 Å². The number of nitrogens with zero attached hydrogens (tertiary/aromatic N) is 5. The van der Waals surface area contributed by atoms with Gasteiger partial charge in [-0.25, -0.2) is 18.4 Å². The molecule has 9 nitrogen and oxygen atoms in total. The Morgan fingerprint density at radius 1 is 0.925 bits per heavy atom. The van der Waals surface area contributed by atoms with Crippen LogP contribution in [0.5, 0.6) is 0 Å². The molecule has 0 saturated carbocycles. The summed E-state index contributed by atoms with van der Waals surface area (Å²) in [7, 11) is 0.974. The lowest BCUT2D eigenvalue weighted by atomic mass is 10.1. The highest BCUT2D eigenvalue weighted by Crippen LogP contribution is 2.28. The van der Waals surface area contributed by atoms with Crippen LogP contribution in [0.3, 0.4) is 0 Å². The third-order valence-corrected chi connectivity index (χ3v) is 7.45. The summed E-state index contributed by atoms with van der Waals surface area (Å²) >= 11 is 0. The second-order valence-corrected chi connectivity index (χ2v) is 11.8. The Hall–Kier alpha value is -4.15. The molecule has 2 aromatic heterocycles. The molecule has 2 N–H and O–H groups in total. The Kier molecular flexibility index (Phi) is 8.91. The van der Waals surface area contributed by atoms with Crippen LogP contribution in [0.2, 0.25) is 0 Å². The summed E-state index contributed by atoms with van der Waals surface area (Å²) in [6.45, 7) is 0.699. The highest BCUT2D eigenvalue weighted by molar-refractivity contribution is 7.90. The molecular formula is C29H32ClN7O2S. The van der Waals surface area contributed by atoms with E-state index in [0.29, 0.717) is 18.9 Å². The summed E-state index contributed by atoms with van der Waals surface area (Å²) < 4.78 is 24.9. The average molecular weight is 578 g/mol. The van der Waals surface area contributed by atoms with Gasteiger partial charge in [0.05, 0.1) is 16.8 Å². The number of hydrogen-bond donors (Lipinski definition) is 2. The molecule has 0 fully saturated rings. The maximum atomic E-state index is 11.4. The van der Waals surface area contributed by atoms with Crippen LogP contribution in [0.4, 0.5) is 29.1 Å². The van der Waals surface area contributed by atoms with E-state index in [0.717, 1.165) is 39.7 Å². The zero-order valence-electron chi connectivity index (χ0n) is 22.6. The van der Waals surface area contributed by atoms with E-state index < -0.39 is 9.84 Å². The zero-order chi connectivity index (χ0) is 27.4. The van der Waals surface area contributed by atoms with Crippen molar-refractivity contribution in [3.63, 3.8) is 0 Å². The number of aromatic nitrogens is 4. The highest BCUT2D eigenvalue weighted by Gasteiger charge is 2.12. The minimum absolute atomic E-state index is 0. The van der Waals surface area contributed by atoms with Gasteiger partial charge in [0.2, 0.25) is 11.9 Å². The van der Waals surface area contributed by atoms with E-state index in [-0.39, 0.29) is 18.2 Å². The van der Waals surface area contributed by atoms with E-state index in [1.807, 2.05) is 73.6 Å². The lowest BCUT2D eigenvalue weighted by molar-refractivity contribution is 0.601. The maximum absolute atomic E-state index is 11.4. The van der Waals surface area contributed by atoms with Gasteiger partial charge in [-0.15, -0.1) is 12.4 Å². The molecule has 0 bridgehead atoms. The first kappa shape index (κ1) is 28.8. The fraction of sp³-hybridized carbons (Fsp3) is 0.207. The molecule has 0 radical (unpaired) electrons. The van der Waals surface area contributed by atoms with Gasteiger partial charge in [-0.2, -0.15) is 4.98 Å². The van der Waals surface area contributed by atoms with Gasteiger partial charge >= 0.3 is 0 Å². The van der Waals surface area contributed by atoms with Crippen LogP contribution in [-0.2, 0) is 29.9 Å². The van der Waals surface area contributed by atoms with Gasteiger partial charge in [0.25, 0.3) is 0 Å². The summed E-state index contributed by atoms with van der Waals surface area (Å²) in [5.41, 5.74) is 5.86. The molecule has 0 unspecified atom stereocenters. The van der Waals surface area contributed by atoms with Crippen molar-refractivity contribution < 1.29 is 8.42 Å². The molecule has 40 heavy (non-hydrogen) atoms. The Bertz CT molecular complexity index is 1690.